The van der Waals surface area contributed by atoms with Crippen LogP contribution in [0.15, 0.2) is 0 Å². The highest BCUT2D eigenvalue weighted by atomic mass is 15.1. The van der Waals surface area contributed by atoms with Gasteiger partial charge in [0.2, 0.25) is 0 Å². The largest absolute Gasteiger partial charge is 0.303 e. The first kappa shape index (κ1) is 15.8. The first-order valence-corrected chi connectivity index (χ1v) is 8.44. The molecule has 3 nitrogen and oxygen atoms in total. The van der Waals surface area contributed by atoms with E-state index in [1.54, 1.807) is 0 Å². The maximum Gasteiger partial charge on any atom is 0.109 e. The maximum atomic E-state index is 9.49. The average Bonchev–Trinajstić information content (AvgIpc) is 2.89. The Morgan fingerprint density at radius 1 is 1.30 bits per heavy atom. The van der Waals surface area contributed by atoms with Gasteiger partial charge >= 0.3 is 0 Å². The van der Waals surface area contributed by atoms with Crippen LogP contribution in [0.3, 0.4) is 0 Å². The summed E-state index contributed by atoms with van der Waals surface area (Å²) in [6, 6.07) is 2.56. The fourth-order valence-electron chi connectivity index (χ4n) is 4.18. The van der Waals surface area contributed by atoms with Crippen LogP contribution in [0.1, 0.15) is 52.4 Å². The van der Waals surface area contributed by atoms with E-state index < -0.39 is 0 Å². The molecule has 2 atom stereocenters. The van der Waals surface area contributed by atoms with Crippen molar-refractivity contribution in [1.29, 1.82) is 5.26 Å². The smallest absolute Gasteiger partial charge is 0.109 e. The Kier molecular flexibility index (Phi) is 5.46. The van der Waals surface area contributed by atoms with Crippen molar-refractivity contribution in [2.45, 2.75) is 57.9 Å². The molecule has 0 aromatic rings. The van der Waals surface area contributed by atoms with E-state index in [4.69, 9.17) is 0 Å². The molecule has 0 spiro atoms. The van der Waals surface area contributed by atoms with Gasteiger partial charge in [-0.2, -0.15) is 5.26 Å². The normalized spacial score (nSPS) is 32.6. The summed E-state index contributed by atoms with van der Waals surface area (Å²) < 4.78 is 0. The summed E-state index contributed by atoms with van der Waals surface area (Å²) >= 11 is 0. The number of rotatable bonds is 5. The highest BCUT2D eigenvalue weighted by Gasteiger charge is 2.41. The minimum atomic E-state index is -0.240. The standard InChI is InChI=1S/C17H31N3/c1-14(2)15-6-10-20(11-7-15)12-8-16-5-4-9-17(16,13-18)19-3/h14-16,19H,4-12H2,1-3H3. The van der Waals surface area contributed by atoms with E-state index in [2.05, 4.69) is 30.1 Å². The molecule has 0 bridgehead atoms. The van der Waals surface area contributed by atoms with Crippen molar-refractivity contribution >= 4 is 0 Å². The summed E-state index contributed by atoms with van der Waals surface area (Å²) in [5.74, 6) is 2.30. The van der Waals surface area contributed by atoms with Crippen molar-refractivity contribution in [3.05, 3.63) is 0 Å². The molecule has 2 rings (SSSR count). The average molecular weight is 277 g/mol. The van der Waals surface area contributed by atoms with Gasteiger partial charge in [0.15, 0.2) is 0 Å². The third kappa shape index (κ3) is 3.35. The van der Waals surface area contributed by atoms with Crippen LogP contribution in [0, 0.1) is 29.1 Å². The Hall–Kier alpha value is -0.590. The van der Waals surface area contributed by atoms with Crippen LogP contribution >= 0.6 is 0 Å². The van der Waals surface area contributed by atoms with Gasteiger partial charge in [-0.1, -0.05) is 20.3 Å². The summed E-state index contributed by atoms with van der Waals surface area (Å²) in [4.78, 5) is 2.62. The van der Waals surface area contributed by atoms with Crippen molar-refractivity contribution < 1.29 is 0 Å². The predicted octanol–water partition coefficient (Wildman–Crippen LogP) is 3.03. The van der Waals surface area contributed by atoms with Crippen LogP contribution in [-0.2, 0) is 0 Å². The van der Waals surface area contributed by atoms with Crippen LogP contribution < -0.4 is 5.32 Å². The molecule has 2 aliphatic rings. The zero-order valence-electron chi connectivity index (χ0n) is 13.5. The number of hydrogen-bond acceptors (Lipinski definition) is 3. The number of piperidine rings is 1. The Morgan fingerprint density at radius 3 is 2.55 bits per heavy atom. The molecule has 1 saturated heterocycles. The van der Waals surface area contributed by atoms with E-state index in [1.807, 2.05) is 7.05 Å². The summed E-state index contributed by atoms with van der Waals surface area (Å²) in [5, 5.41) is 12.8. The molecular weight excluding hydrogens is 246 g/mol. The molecule has 2 unspecified atom stereocenters. The first-order valence-electron chi connectivity index (χ1n) is 8.44. The highest BCUT2D eigenvalue weighted by molar-refractivity contribution is 5.13. The number of nitrogens with one attached hydrogen (secondary N) is 1. The molecule has 3 heteroatoms. The lowest BCUT2D eigenvalue weighted by molar-refractivity contribution is 0.145. The molecule has 1 heterocycles. The monoisotopic (exact) mass is 277 g/mol. The quantitative estimate of drug-likeness (QED) is 0.839. The summed E-state index contributed by atoms with van der Waals surface area (Å²) in [5.41, 5.74) is -0.240. The van der Waals surface area contributed by atoms with E-state index in [9.17, 15) is 5.26 Å². The van der Waals surface area contributed by atoms with Gasteiger partial charge < -0.3 is 10.2 Å². The van der Waals surface area contributed by atoms with E-state index in [0.717, 1.165) is 18.3 Å². The number of nitriles is 1. The minimum absolute atomic E-state index is 0.240. The van der Waals surface area contributed by atoms with E-state index in [1.165, 1.54) is 51.7 Å². The van der Waals surface area contributed by atoms with Gasteiger partial charge in [-0.25, -0.2) is 0 Å². The summed E-state index contributed by atoms with van der Waals surface area (Å²) in [6.45, 7) is 8.41. The molecular formula is C17H31N3. The van der Waals surface area contributed by atoms with Gasteiger partial charge in [0.1, 0.15) is 5.54 Å². The Balaban J connectivity index is 1.78. The maximum absolute atomic E-state index is 9.49. The van der Waals surface area contributed by atoms with Crippen molar-refractivity contribution in [2.24, 2.45) is 17.8 Å². The zero-order valence-corrected chi connectivity index (χ0v) is 13.5. The lowest BCUT2D eigenvalue weighted by Gasteiger charge is -2.35. The molecule has 1 aliphatic heterocycles. The molecule has 114 valence electrons. The number of likely N-dealkylation sites (tertiary alicyclic amines) is 1. The molecule has 1 aliphatic carbocycles. The Labute approximate surface area is 124 Å². The van der Waals surface area contributed by atoms with E-state index >= 15 is 0 Å². The molecule has 1 N–H and O–H groups in total. The van der Waals surface area contributed by atoms with Crippen LogP contribution in [-0.4, -0.2) is 37.1 Å². The predicted molar refractivity (Wildman–Crippen MR) is 83.4 cm³/mol. The SMILES string of the molecule is CNC1(C#N)CCCC1CCN1CCC(C(C)C)CC1. The topological polar surface area (TPSA) is 39.1 Å². The lowest BCUT2D eigenvalue weighted by Crippen LogP contribution is -2.46. The van der Waals surface area contributed by atoms with E-state index in [0.29, 0.717) is 5.92 Å². The lowest BCUT2D eigenvalue weighted by atomic mass is 9.84. The van der Waals surface area contributed by atoms with E-state index in [-0.39, 0.29) is 5.54 Å². The first-order chi connectivity index (χ1) is 9.61. The van der Waals surface area contributed by atoms with Gasteiger partial charge in [0, 0.05) is 0 Å². The summed E-state index contributed by atoms with van der Waals surface area (Å²) in [7, 11) is 1.95. The molecule has 2 fully saturated rings. The van der Waals surface area contributed by atoms with Crippen LogP contribution in [0.25, 0.3) is 0 Å². The van der Waals surface area contributed by atoms with Gasteiger partial charge in [-0.05, 0) is 76.5 Å². The van der Waals surface area contributed by atoms with Crippen LogP contribution in [0.5, 0.6) is 0 Å². The van der Waals surface area contributed by atoms with Crippen LogP contribution in [0.4, 0.5) is 0 Å². The molecule has 0 radical (unpaired) electrons. The fourth-order valence-corrected chi connectivity index (χ4v) is 4.18. The fraction of sp³-hybridized carbons (Fsp3) is 0.941. The molecule has 0 amide bonds. The van der Waals surface area contributed by atoms with Gasteiger partial charge in [-0.3, -0.25) is 0 Å². The number of hydrogen-bond donors (Lipinski definition) is 1. The van der Waals surface area contributed by atoms with Crippen molar-refractivity contribution in [3.63, 3.8) is 0 Å². The van der Waals surface area contributed by atoms with Crippen molar-refractivity contribution in [1.82, 2.24) is 10.2 Å². The molecule has 1 saturated carbocycles. The molecule has 0 aromatic heterocycles. The minimum Gasteiger partial charge on any atom is -0.303 e. The number of nitrogens with zero attached hydrogens (tertiary/aromatic N) is 2. The molecule has 20 heavy (non-hydrogen) atoms. The second kappa shape index (κ2) is 6.91. The Morgan fingerprint density at radius 2 is 2.00 bits per heavy atom. The van der Waals surface area contributed by atoms with Crippen molar-refractivity contribution in [3.8, 4) is 6.07 Å². The highest BCUT2D eigenvalue weighted by Crippen LogP contribution is 2.37. The van der Waals surface area contributed by atoms with Crippen LogP contribution in [0.2, 0.25) is 0 Å². The second-order valence-corrected chi connectivity index (χ2v) is 7.13. The third-order valence-corrected chi connectivity index (χ3v) is 5.84. The van der Waals surface area contributed by atoms with Crippen molar-refractivity contribution in [2.75, 3.05) is 26.7 Å². The molecule has 0 aromatic carbocycles. The zero-order chi connectivity index (χ0) is 14.6. The Bertz CT molecular complexity index is 339. The summed E-state index contributed by atoms with van der Waals surface area (Å²) in [6.07, 6.45) is 7.35. The van der Waals surface area contributed by atoms with Gasteiger partial charge in [-0.15, -0.1) is 0 Å². The third-order valence-electron chi connectivity index (χ3n) is 5.84. The second-order valence-electron chi connectivity index (χ2n) is 7.13. The van der Waals surface area contributed by atoms with Gasteiger partial charge in [0.25, 0.3) is 0 Å². The van der Waals surface area contributed by atoms with Gasteiger partial charge in [0.05, 0.1) is 6.07 Å².